The Hall–Kier alpha value is -1.16. The number of methoxy groups -OCH3 is 1. The maximum absolute atomic E-state index is 5.20. The minimum Gasteiger partial charge on any atom is -0.384 e. The first-order valence-electron chi connectivity index (χ1n) is 6.88. The lowest BCUT2D eigenvalue weighted by molar-refractivity contribution is 0.181. The van der Waals surface area contributed by atoms with Crippen LogP contribution in [0.1, 0.15) is 49.7 Å². The highest BCUT2D eigenvalue weighted by molar-refractivity contribution is 5.49. The van der Waals surface area contributed by atoms with E-state index in [0.717, 1.165) is 37.4 Å². The third-order valence-electron chi connectivity index (χ3n) is 3.35. The molecule has 0 fully saturated rings. The summed E-state index contributed by atoms with van der Waals surface area (Å²) < 4.78 is 5.20. The molecule has 1 N–H and O–H groups in total. The van der Waals surface area contributed by atoms with Crippen molar-refractivity contribution in [2.45, 2.75) is 45.4 Å². The van der Waals surface area contributed by atoms with Crippen LogP contribution >= 0.6 is 0 Å². The summed E-state index contributed by atoms with van der Waals surface area (Å²) in [5.74, 6) is 2.22. The molecular formula is C14H23N3O. The first-order valence-corrected chi connectivity index (χ1v) is 6.88. The van der Waals surface area contributed by atoms with Gasteiger partial charge in [0.25, 0.3) is 0 Å². The van der Waals surface area contributed by atoms with Crippen molar-refractivity contribution < 1.29 is 4.74 Å². The van der Waals surface area contributed by atoms with Gasteiger partial charge in [-0.05, 0) is 25.7 Å². The molecule has 1 unspecified atom stereocenters. The van der Waals surface area contributed by atoms with Crippen LogP contribution in [0.4, 0.5) is 5.82 Å². The molecule has 2 rings (SSSR count). The molecule has 0 amide bonds. The van der Waals surface area contributed by atoms with E-state index in [1.54, 1.807) is 7.11 Å². The second-order valence-electron chi connectivity index (χ2n) is 4.99. The number of anilines is 1. The third-order valence-corrected chi connectivity index (χ3v) is 3.35. The Morgan fingerprint density at radius 2 is 2.17 bits per heavy atom. The third kappa shape index (κ3) is 2.80. The number of rotatable bonds is 6. The van der Waals surface area contributed by atoms with E-state index in [2.05, 4.69) is 19.2 Å². The number of fused-ring (bicyclic) bond motifs is 1. The predicted molar refractivity (Wildman–Crippen MR) is 73.1 cm³/mol. The molecule has 0 saturated carbocycles. The van der Waals surface area contributed by atoms with Gasteiger partial charge in [-0.15, -0.1) is 0 Å². The fraction of sp³-hybridized carbons (Fsp3) is 0.714. The van der Waals surface area contributed by atoms with Crippen molar-refractivity contribution in [1.82, 2.24) is 9.97 Å². The van der Waals surface area contributed by atoms with Crippen LogP contribution in [-0.4, -0.2) is 30.2 Å². The van der Waals surface area contributed by atoms with Crippen molar-refractivity contribution in [3.8, 4) is 0 Å². The quantitative estimate of drug-likeness (QED) is 0.841. The summed E-state index contributed by atoms with van der Waals surface area (Å²) in [4.78, 5) is 9.41. The van der Waals surface area contributed by atoms with Gasteiger partial charge in [-0.3, -0.25) is 0 Å². The smallest absolute Gasteiger partial charge is 0.136 e. The lowest BCUT2D eigenvalue weighted by Gasteiger charge is -2.15. The zero-order chi connectivity index (χ0) is 13.0. The first-order chi connectivity index (χ1) is 8.76. The van der Waals surface area contributed by atoms with Crippen LogP contribution in [-0.2, 0) is 17.6 Å². The van der Waals surface area contributed by atoms with Crippen LogP contribution in [0.3, 0.4) is 0 Å². The minimum absolute atomic E-state index is 0.253. The Morgan fingerprint density at radius 3 is 2.89 bits per heavy atom. The van der Waals surface area contributed by atoms with Crippen LogP contribution in [0.25, 0.3) is 0 Å². The normalized spacial score (nSPS) is 15.5. The molecule has 1 aromatic rings. The van der Waals surface area contributed by atoms with Crippen molar-refractivity contribution in [2.75, 3.05) is 25.6 Å². The number of nitrogens with zero attached hydrogens (tertiary/aromatic N) is 2. The highest BCUT2D eigenvalue weighted by Gasteiger charge is 2.21. The van der Waals surface area contributed by atoms with E-state index in [4.69, 9.17) is 14.7 Å². The fourth-order valence-electron chi connectivity index (χ4n) is 2.39. The van der Waals surface area contributed by atoms with Crippen LogP contribution in [0.15, 0.2) is 0 Å². The molecular weight excluding hydrogens is 226 g/mol. The van der Waals surface area contributed by atoms with Gasteiger partial charge >= 0.3 is 0 Å². The molecule has 1 aliphatic rings. The Kier molecular flexibility index (Phi) is 4.53. The largest absolute Gasteiger partial charge is 0.384 e. The van der Waals surface area contributed by atoms with Crippen LogP contribution in [0.5, 0.6) is 0 Å². The van der Waals surface area contributed by atoms with Gasteiger partial charge in [0, 0.05) is 30.8 Å². The van der Waals surface area contributed by atoms with Crippen molar-refractivity contribution in [3.63, 3.8) is 0 Å². The van der Waals surface area contributed by atoms with E-state index in [0.29, 0.717) is 6.61 Å². The summed E-state index contributed by atoms with van der Waals surface area (Å²) in [6.07, 6.45) is 4.51. The van der Waals surface area contributed by atoms with Gasteiger partial charge in [0.2, 0.25) is 0 Å². The first kappa shape index (κ1) is 13.3. The summed E-state index contributed by atoms with van der Waals surface area (Å²) in [5.41, 5.74) is 2.57. The number of hydrogen-bond acceptors (Lipinski definition) is 4. The Balaban J connectivity index is 2.26. The highest BCUT2D eigenvalue weighted by Crippen LogP contribution is 2.28. The maximum atomic E-state index is 5.20. The summed E-state index contributed by atoms with van der Waals surface area (Å²) in [7, 11) is 1.72. The highest BCUT2D eigenvalue weighted by atomic mass is 16.5. The average Bonchev–Trinajstić information content (AvgIpc) is 2.84. The molecule has 1 aromatic heterocycles. The molecule has 0 spiro atoms. The van der Waals surface area contributed by atoms with Gasteiger partial charge in [-0.25, -0.2) is 9.97 Å². The van der Waals surface area contributed by atoms with Gasteiger partial charge in [0.05, 0.1) is 6.61 Å². The van der Waals surface area contributed by atoms with Crippen LogP contribution in [0, 0.1) is 0 Å². The number of aryl methyl sites for hydroxylation is 1. The number of hydrogen-bond donors (Lipinski definition) is 1. The molecule has 4 nitrogen and oxygen atoms in total. The molecule has 1 atom stereocenters. The van der Waals surface area contributed by atoms with Crippen molar-refractivity contribution >= 4 is 5.82 Å². The fourth-order valence-corrected chi connectivity index (χ4v) is 2.39. The monoisotopic (exact) mass is 249 g/mol. The standard InChI is InChI=1S/C14H23N3O/c1-4-8-15-14-11-6-5-7-12(11)16-13(17-14)10(2)9-18-3/h10H,4-9H2,1-3H3,(H,15,16,17). The molecule has 0 aromatic carbocycles. The van der Waals surface area contributed by atoms with E-state index in [1.807, 2.05) is 0 Å². The maximum Gasteiger partial charge on any atom is 0.136 e. The van der Waals surface area contributed by atoms with Crippen molar-refractivity contribution in [1.29, 1.82) is 0 Å². The Morgan fingerprint density at radius 1 is 1.33 bits per heavy atom. The summed E-state index contributed by atoms with van der Waals surface area (Å²) in [5, 5.41) is 3.44. The number of ether oxygens (including phenoxy) is 1. The Bertz CT molecular complexity index is 406. The number of nitrogens with one attached hydrogen (secondary N) is 1. The number of aromatic nitrogens is 2. The predicted octanol–water partition coefficient (Wildman–Crippen LogP) is 2.54. The van der Waals surface area contributed by atoms with E-state index in [-0.39, 0.29) is 5.92 Å². The van der Waals surface area contributed by atoms with Crippen molar-refractivity contribution in [2.24, 2.45) is 0 Å². The zero-order valence-corrected chi connectivity index (χ0v) is 11.6. The molecule has 0 bridgehead atoms. The van der Waals surface area contributed by atoms with Gasteiger partial charge in [0.1, 0.15) is 11.6 Å². The Labute approximate surface area is 109 Å². The molecule has 1 heterocycles. The van der Waals surface area contributed by atoms with Gasteiger partial charge in [-0.1, -0.05) is 13.8 Å². The molecule has 18 heavy (non-hydrogen) atoms. The molecule has 0 saturated heterocycles. The molecule has 4 heteroatoms. The lowest BCUT2D eigenvalue weighted by atomic mass is 10.1. The molecule has 0 radical (unpaired) electrons. The minimum atomic E-state index is 0.253. The molecule has 100 valence electrons. The average molecular weight is 249 g/mol. The molecule has 0 aliphatic heterocycles. The summed E-state index contributed by atoms with van der Waals surface area (Å²) in [6.45, 7) is 5.93. The van der Waals surface area contributed by atoms with E-state index < -0.39 is 0 Å². The van der Waals surface area contributed by atoms with Gasteiger partial charge in [-0.2, -0.15) is 0 Å². The molecule has 1 aliphatic carbocycles. The van der Waals surface area contributed by atoms with E-state index in [9.17, 15) is 0 Å². The SMILES string of the molecule is CCCNc1nc(C(C)COC)nc2c1CCC2. The second-order valence-corrected chi connectivity index (χ2v) is 4.99. The van der Waals surface area contributed by atoms with Crippen LogP contribution in [0.2, 0.25) is 0 Å². The van der Waals surface area contributed by atoms with Gasteiger partial charge in [0.15, 0.2) is 0 Å². The summed E-state index contributed by atoms with van der Waals surface area (Å²) >= 11 is 0. The van der Waals surface area contributed by atoms with Crippen LogP contribution < -0.4 is 5.32 Å². The van der Waals surface area contributed by atoms with E-state index in [1.165, 1.54) is 17.7 Å². The zero-order valence-electron chi connectivity index (χ0n) is 11.6. The van der Waals surface area contributed by atoms with E-state index >= 15 is 0 Å². The van der Waals surface area contributed by atoms with Gasteiger partial charge < -0.3 is 10.1 Å². The topological polar surface area (TPSA) is 47.0 Å². The second kappa shape index (κ2) is 6.14. The van der Waals surface area contributed by atoms with Crippen molar-refractivity contribution in [3.05, 3.63) is 17.1 Å². The summed E-state index contributed by atoms with van der Waals surface area (Å²) in [6, 6.07) is 0. The lowest BCUT2D eigenvalue weighted by Crippen LogP contribution is -2.13.